The number of rotatable bonds is 4. The van der Waals surface area contributed by atoms with Crippen LogP contribution in [-0.2, 0) is 6.18 Å². The van der Waals surface area contributed by atoms with Crippen molar-refractivity contribution in [1.82, 2.24) is 19.9 Å². The van der Waals surface area contributed by atoms with Crippen LogP contribution in [0.1, 0.15) is 25.0 Å². The average Bonchev–Trinajstić information content (AvgIpc) is 2.66. The molecule has 156 valence electrons. The highest BCUT2D eigenvalue weighted by molar-refractivity contribution is 5.67. The van der Waals surface area contributed by atoms with Crippen LogP contribution in [0.25, 0.3) is 11.3 Å². The largest absolute Gasteiger partial charge is 0.434 e. The van der Waals surface area contributed by atoms with Crippen LogP contribution in [0.3, 0.4) is 0 Å². The molecule has 0 aromatic carbocycles. The second kappa shape index (κ2) is 7.62. The molecule has 2 aromatic rings. The summed E-state index contributed by atoms with van der Waals surface area (Å²) >= 11 is 0. The van der Waals surface area contributed by atoms with Gasteiger partial charge in [0.25, 0.3) is 0 Å². The number of alkyl halides is 3. The number of aromatic nitrogens is 4. The zero-order chi connectivity index (χ0) is 20.6. The second-order valence-corrected chi connectivity index (χ2v) is 7.35. The van der Waals surface area contributed by atoms with Gasteiger partial charge in [0, 0.05) is 50.6 Å². The van der Waals surface area contributed by atoms with Crippen molar-refractivity contribution in [3.05, 3.63) is 18.0 Å². The van der Waals surface area contributed by atoms with Crippen LogP contribution in [0.4, 0.5) is 30.9 Å². The number of aliphatic hydroxyl groups excluding tert-OH is 1. The Morgan fingerprint density at radius 2 is 1.79 bits per heavy atom. The molecule has 0 bridgehead atoms. The number of nitrogens with zero attached hydrogens (tertiary/aromatic N) is 6. The van der Waals surface area contributed by atoms with Crippen molar-refractivity contribution in [2.45, 2.75) is 25.4 Å². The van der Waals surface area contributed by atoms with Crippen LogP contribution < -0.4 is 15.5 Å². The first-order valence-electron chi connectivity index (χ1n) is 9.55. The summed E-state index contributed by atoms with van der Waals surface area (Å²) in [5.74, 6) is 0.757. The van der Waals surface area contributed by atoms with Crippen molar-refractivity contribution in [3.63, 3.8) is 0 Å². The van der Waals surface area contributed by atoms with Gasteiger partial charge in [-0.15, -0.1) is 0 Å². The topological polar surface area (TPSA) is 104 Å². The summed E-state index contributed by atoms with van der Waals surface area (Å²) in [6, 6.07) is 1.55. The number of anilines is 3. The van der Waals surface area contributed by atoms with Crippen molar-refractivity contribution in [2.75, 3.05) is 48.3 Å². The van der Waals surface area contributed by atoms with Gasteiger partial charge in [0.15, 0.2) is 5.69 Å². The first kappa shape index (κ1) is 19.6. The summed E-state index contributed by atoms with van der Waals surface area (Å²) in [5.41, 5.74) is 4.18. The summed E-state index contributed by atoms with van der Waals surface area (Å²) in [6.07, 6.45) is -1.05. The standard InChI is InChI=1S/C18H22F3N7O/c19-18(20,21)15-12(9-23-16(22)26-15)13-8-14(27-4-1-5-27)25-17(24-13)28-6-2-11(10-29)3-7-28/h8-9,11,29H,1-7,10H2,(H2,22,23,26). The van der Waals surface area contributed by atoms with Gasteiger partial charge >= 0.3 is 6.18 Å². The van der Waals surface area contributed by atoms with E-state index < -0.39 is 17.8 Å². The molecular weight excluding hydrogens is 387 g/mol. The maximum Gasteiger partial charge on any atom is 0.434 e. The lowest BCUT2D eigenvalue weighted by molar-refractivity contribution is -0.140. The minimum atomic E-state index is -4.69. The number of piperidine rings is 1. The van der Waals surface area contributed by atoms with E-state index in [9.17, 15) is 18.3 Å². The quantitative estimate of drug-likeness (QED) is 0.790. The first-order valence-corrected chi connectivity index (χ1v) is 9.55. The van der Waals surface area contributed by atoms with E-state index in [1.165, 1.54) is 0 Å². The van der Waals surface area contributed by atoms with E-state index in [4.69, 9.17) is 5.73 Å². The van der Waals surface area contributed by atoms with E-state index in [2.05, 4.69) is 19.9 Å². The predicted octanol–water partition coefficient (Wildman–Crippen LogP) is 1.95. The number of halogens is 3. The van der Waals surface area contributed by atoms with Gasteiger partial charge < -0.3 is 20.6 Å². The van der Waals surface area contributed by atoms with Crippen LogP contribution in [0.2, 0.25) is 0 Å². The minimum absolute atomic E-state index is 0.119. The highest BCUT2D eigenvalue weighted by Gasteiger charge is 2.37. The van der Waals surface area contributed by atoms with Crippen molar-refractivity contribution in [3.8, 4) is 11.3 Å². The molecule has 0 saturated carbocycles. The fourth-order valence-electron chi connectivity index (χ4n) is 3.52. The molecule has 4 heterocycles. The summed E-state index contributed by atoms with van der Waals surface area (Å²) < 4.78 is 40.7. The lowest BCUT2D eigenvalue weighted by Gasteiger charge is -2.35. The number of aliphatic hydroxyl groups is 1. The molecule has 11 heteroatoms. The molecule has 2 aliphatic rings. The number of hydrogen-bond donors (Lipinski definition) is 2. The molecule has 0 aliphatic carbocycles. The van der Waals surface area contributed by atoms with E-state index >= 15 is 0 Å². The minimum Gasteiger partial charge on any atom is -0.396 e. The lowest BCUT2D eigenvalue weighted by atomic mass is 9.98. The van der Waals surface area contributed by atoms with Gasteiger partial charge in [-0.1, -0.05) is 0 Å². The molecule has 0 amide bonds. The zero-order valence-corrected chi connectivity index (χ0v) is 15.7. The smallest absolute Gasteiger partial charge is 0.396 e. The van der Waals surface area contributed by atoms with E-state index in [1.807, 2.05) is 9.80 Å². The molecule has 0 unspecified atom stereocenters. The van der Waals surface area contributed by atoms with E-state index in [0.717, 1.165) is 38.5 Å². The molecule has 0 radical (unpaired) electrons. The molecule has 2 saturated heterocycles. The van der Waals surface area contributed by atoms with Gasteiger partial charge in [-0.2, -0.15) is 18.2 Å². The summed E-state index contributed by atoms with van der Waals surface area (Å²) in [7, 11) is 0. The Morgan fingerprint density at radius 3 is 2.38 bits per heavy atom. The molecule has 0 spiro atoms. The maximum atomic E-state index is 13.6. The fourth-order valence-corrected chi connectivity index (χ4v) is 3.52. The third kappa shape index (κ3) is 4.04. The fraction of sp³-hybridized carbons (Fsp3) is 0.556. The Hall–Kier alpha value is -2.69. The van der Waals surface area contributed by atoms with Gasteiger partial charge in [-0.05, 0) is 25.2 Å². The molecule has 2 fully saturated rings. The first-order chi connectivity index (χ1) is 13.8. The zero-order valence-electron chi connectivity index (χ0n) is 15.7. The van der Waals surface area contributed by atoms with Gasteiger partial charge in [0.05, 0.1) is 5.69 Å². The third-order valence-corrected chi connectivity index (χ3v) is 5.39. The number of nitrogen functional groups attached to an aromatic ring is 1. The van der Waals surface area contributed by atoms with Crippen LogP contribution in [0.5, 0.6) is 0 Å². The SMILES string of the molecule is Nc1ncc(-c2cc(N3CCC3)nc(N3CCC(CO)CC3)n2)c(C(F)(F)F)n1. The van der Waals surface area contributed by atoms with E-state index in [-0.39, 0.29) is 23.8 Å². The van der Waals surface area contributed by atoms with Gasteiger partial charge in [-0.25, -0.2) is 15.0 Å². The van der Waals surface area contributed by atoms with Crippen molar-refractivity contribution >= 4 is 17.7 Å². The predicted molar refractivity (Wildman–Crippen MR) is 101 cm³/mol. The molecule has 2 aliphatic heterocycles. The highest BCUT2D eigenvalue weighted by atomic mass is 19.4. The molecule has 29 heavy (non-hydrogen) atoms. The Morgan fingerprint density at radius 1 is 1.07 bits per heavy atom. The Balaban J connectivity index is 1.76. The normalized spacial score (nSPS) is 18.1. The third-order valence-electron chi connectivity index (χ3n) is 5.39. The van der Waals surface area contributed by atoms with Gasteiger partial charge in [0.1, 0.15) is 5.82 Å². The second-order valence-electron chi connectivity index (χ2n) is 7.35. The Kier molecular flexibility index (Phi) is 5.15. The summed E-state index contributed by atoms with van der Waals surface area (Å²) in [6.45, 7) is 3.00. The highest BCUT2D eigenvalue weighted by Crippen LogP contribution is 2.37. The summed E-state index contributed by atoms with van der Waals surface area (Å²) in [4.78, 5) is 20.1. The van der Waals surface area contributed by atoms with Gasteiger partial charge in [0.2, 0.25) is 11.9 Å². The molecular formula is C18H22F3N7O. The summed E-state index contributed by atoms with van der Waals surface area (Å²) in [5, 5.41) is 9.34. The van der Waals surface area contributed by atoms with Crippen LogP contribution in [-0.4, -0.2) is 57.8 Å². The number of nitrogens with two attached hydrogens (primary N) is 1. The van der Waals surface area contributed by atoms with Crippen molar-refractivity contribution in [2.24, 2.45) is 5.92 Å². The van der Waals surface area contributed by atoms with Crippen molar-refractivity contribution < 1.29 is 18.3 Å². The van der Waals surface area contributed by atoms with E-state index in [0.29, 0.717) is 24.9 Å². The van der Waals surface area contributed by atoms with Crippen LogP contribution in [0, 0.1) is 5.92 Å². The molecule has 0 atom stereocenters. The van der Waals surface area contributed by atoms with Crippen LogP contribution in [0.15, 0.2) is 12.3 Å². The van der Waals surface area contributed by atoms with Gasteiger partial charge in [-0.3, -0.25) is 0 Å². The number of hydrogen-bond acceptors (Lipinski definition) is 8. The van der Waals surface area contributed by atoms with Crippen molar-refractivity contribution in [1.29, 1.82) is 0 Å². The molecule has 8 nitrogen and oxygen atoms in total. The Bertz CT molecular complexity index is 880. The molecule has 2 aromatic heterocycles. The monoisotopic (exact) mass is 409 g/mol. The Labute approximate surface area is 165 Å². The van der Waals surface area contributed by atoms with E-state index in [1.54, 1.807) is 6.07 Å². The lowest BCUT2D eigenvalue weighted by Crippen LogP contribution is -2.39. The molecule has 4 rings (SSSR count). The maximum absolute atomic E-state index is 13.6. The molecule has 3 N–H and O–H groups in total. The van der Waals surface area contributed by atoms with Crippen LogP contribution >= 0.6 is 0 Å². The average molecular weight is 409 g/mol.